The predicted octanol–water partition coefficient (Wildman–Crippen LogP) is 0.966. The monoisotopic (exact) mass is 207 g/mol. The van der Waals surface area contributed by atoms with E-state index in [-0.39, 0.29) is 0 Å². The number of aliphatic carboxylic acids is 1. The van der Waals surface area contributed by atoms with Crippen LogP contribution >= 0.6 is 0 Å². The molecule has 78 valence electrons. The zero-order chi connectivity index (χ0) is 11.3. The first-order chi connectivity index (χ1) is 7.13. The normalized spacial score (nSPS) is 10.2. The van der Waals surface area contributed by atoms with Crippen molar-refractivity contribution in [3.8, 4) is 0 Å². The van der Waals surface area contributed by atoms with Crippen LogP contribution in [0, 0.1) is 0 Å². The van der Waals surface area contributed by atoms with Gasteiger partial charge in [0.05, 0.1) is 18.4 Å². The van der Waals surface area contributed by atoms with Gasteiger partial charge in [0.1, 0.15) is 0 Å². The molecule has 0 unspecified atom stereocenters. The summed E-state index contributed by atoms with van der Waals surface area (Å²) < 4.78 is 4.48. The second-order valence-electron chi connectivity index (χ2n) is 2.63. The fourth-order valence-electron chi connectivity index (χ4n) is 0.899. The molecule has 0 spiro atoms. The van der Waals surface area contributed by atoms with Gasteiger partial charge in [0.2, 0.25) is 0 Å². The number of methoxy groups -OCH3 is 1. The molecule has 0 aromatic carbocycles. The highest BCUT2D eigenvalue weighted by Crippen LogP contribution is 2.03. The van der Waals surface area contributed by atoms with E-state index in [0.717, 1.165) is 6.08 Å². The average Bonchev–Trinajstić information content (AvgIpc) is 2.26. The Morgan fingerprint density at radius 2 is 2.20 bits per heavy atom. The van der Waals surface area contributed by atoms with Crippen LogP contribution in [-0.4, -0.2) is 29.1 Å². The largest absolute Gasteiger partial charge is 0.478 e. The van der Waals surface area contributed by atoms with Crippen molar-refractivity contribution in [2.75, 3.05) is 7.11 Å². The number of carboxylic acids is 1. The molecule has 0 amide bonds. The van der Waals surface area contributed by atoms with Crippen molar-refractivity contribution in [3.05, 3.63) is 35.7 Å². The molecule has 0 aliphatic rings. The maximum atomic E-state index is 11.0. The number of esters is 1. The lowest BCUT2D eigenvalue weighted by Crippen LogP contribution is -2.01. The van der Waals surface area contributed by atoms with Crippen LogP contribution in [0.2, 0.25) is 0 Å². The Morgan fingerprint density at radius 1 is 1.47 bits per heavy atom. The third kappa shape index (κ3) is 3.22. The molecule has 0 saturated carbocycles. The molecule has 0 aliphatic heterocycles. The Hall–Kier alpha value is -2.17. The molecule has 0 fully saturated rings. The molecule has 0 bridgehead atoms. The lowest BCUT2D eigenvalue weighted by Gasteiger charge is -1.98. The Balaban J connectivity index is 2.81. The number of hydrogen-bond donors (Lipinski definition) is 1. The van der Waals surface area contributed by atoms with Gasteiger partial charge in [-0.15, -0.1) is 0 Å². The predicted molar refractivity (Wildman–Crippen MR) is 52.2 cm³/mol. The Labute approximate surface area is 86.0 Å². The molecule has 0 saturated heterocycles. The van der Waals surface area contributed by atoms with E-state index in [1.807, 2.05) is 0 Å². The smallest absolute Gasteiger partial charge is 0.339 e. The molecule has 5 heteroatoms. The molecule has 0 atom stereocenters. The van der Waals surface area contributed by atoms with Crippen LogP contribution in [0.1, 0.15) is 16.1 Å². The number of ether oxygens (including phenoxy) is 1. The zero-order valence-corrected chi connectivity index (χ0v) is 8.01. The van der Waals surface area contributed by atoms with Crippen LogP contribution < -0.4 is 0 Å². The van der Waals surface area contributed by atoms with Crippen molar-refractivity contribution in [2.45, 2.75) is 0 Å². The minimum Gasteiger partial charge on any atom is -0.478 e. The van der Waals surface area contributed by atoms with E-state index in [1.54, 1.807) is 0 Å². The topological polar surface area (TPSA) is 76.5 Å². The van der Waals surface area contributed by atoms with Crippen LogP contribution in [0.15, 0.2) is 24.4 Å². The molecular formula is C10H9NO4. The van der Waals surface area contributed by atoms with E-state index in [1.165, 1.54) is 31.5 Å². The van der Waals surface area contributed by atoms with Gasteiger partial charge in [0.25, 0.3) is 0 Å². The fraction of sp³-hybridized carbons (Fsp3) is 0.100. The SMILES string of the molecule is COC(=O)c1ccc(/C=C/C(=O)O)nc1. The van der Waals surface area contributed by atoms with Gasteiger partial charge in [0, 0.05) is 12.3 Å². The number of carbonyl (C=O) groups excluding carboxylic acids is 1. The quantitative estimate of drug-likeness (QED) is 0.590. The van der Waals surface area contributed by atoms with Crippen LogP contribution in [0.25, 0.3) is 6.08 Å². The summed E-state index contributed by atoms with van der Waals surface area (Å²) in [6, 6.07) is 3.05. The highest BCUT2D eigenvalue weighted by Gasteiger charge is 2.04. The lowest BCUT2D eigenvalue weighted by atomic mass is 10.2. The Kier molecular flexibility index (Phi) is 3.56. The number of carboxylic acid groups (broad SMARTS) is 1. The van der Waals surface area contributed by atoms with E-state index in [9.17, 15) is 9.59 Å². The minimum atomic E-state index is -1.05. The van der Waals surface area contributed by atoms with Gasteiger partial charge in [-0.1, -0.05) is 0 Å². The first kappa shape index (κ1) is 10.9. The number of nitrogens with zero attached hydrogens (tertiary/aromatic N) is 1. The summed E-state index contributed by atoms with van der Waals surface area (Å²) in [5.41, 5.74) is 0.787. The summed E-state index contributed by atoms with van der Waals surface area (Å²) in [5.74, 6) is -1.52. The number of carbonyl (C=O) groups is 2. The van der Waals surface area contributed by atoms with Gasteiger partial charge in [-0.3, -0.25) is 4.98 Å². The van der Waals surface area contributed by atoms with Gasteiger partial charge in [-0.25, -0.2) is 9.59 Å². The van der Waals surface area contributed by atoms with E-state index < -0.39 is 11.9 Å². The molecule has 15 heavy (non-hydrogen) atoms. The van der Waals surface area contributed by atoms with Gasteiger partial charge < -0.3 is 9.84 Å². The molecule has 1 heterocycles. The van der Waals surface area contributed by atoms with Gasteiger partial charge in [0.15, 0.2) is 0 Å². The van der Waals surface area contributed by atoms with E-state index >= 15 is 0 Å². The maximum absolute atomic E-state index is 11.0. The number of pyridine rings is 1. The van der Waals surface area contributed by atoms with E-state index in [2.05, 4.69) is 9.72 Å². The molecule has 1 aromatic rings. The molecule has 0 radical (unpaired) electrons. The second-order valence-corrected chi connectivity index (χ2v) is 2.63. The maximum Gasteiger partial charge on any atom is 0.339 e. The molecule has 1 N–H and O–H groups in total. The van der Waals surface area contributed by atoms with Crippen molar-refractivity contribution in [2.24, 2.45) is 0 Å². The Bertz CT molecular complexity index is 394. The minimum absolute atomic E-state index is 0.324. The van der Waals surface area contributed by atoms with Gasteiger partial charge in [-0.05, 0) is 18.2 Å². The lowest BCUT2D eigenvalue weighted by molar-refractivity contribution is -0.131. The van der Waals surface area contributed by atoms with Gasteiger partial charge in [-0.2, -0.15) is 0 Å². The van der Waals surface area contributed by atoms with Crippen molar-refractivity contribution < 1.29 is 19.4 Å². The standard InChI is InChI=1S/C10H9NO4/c1-15-10(14)7-2-3-8(11-6-7)4-5-9(12)13/h2-6H,1H3,(H,12,13)/b5-4+. The molecule has 1 rings (SSSR count). The average molecular weight is 207 g/mol. The second kappa shape index (κ2) is 4.90. The summed E-state index contributed by atoms with van der Waals surface area (Å²) in [6.07, 6.45) is 3.64. The summed E-state index contributed by atoms with van der Waals surface area (Å²) in [7, 11) is 1.28. The zero-order valence-electron chi connectivity index (χ0n) is 8.01. The van der Waals surface area contributed by atoms with Crippen molar-refractivity contribution >= 4 is 18.0 Å². The van der Waals surface area contributed by atoms with E-state index in [0.29, 0.717) is 11.3 Å². The number of aromatic nitrogens is 1. The van der Waals surface area contributed by atoms with E-state index in [4.69, 9.17) is 5.11 Å². The van der Waals surface area contributed by atoms with Crippen LogP contribution in [0.4, 0.5) is 0 Å². The first-order valence-electron chi connectivity index (χ1n) is 4.09. The number of hydrogen-bond acceptors (Lipinski definition) is 4. The first-order valence-corrected chi connectivity index (χ1v) is 4.09. The number of rotatable bonds is 3. The van der Waals surface area contributed by atoms with Crippen molar-refractivity contribution in [1.82, 2.24) is 4.98 Å². The molecule has 0 aliphatic carbocycles. The third-order valence-electron chi connectivity index (χ3n) is 1.60. The molecule has 5 nitrogen and oxygen atoms in total. The summed E-state index contributed by atoms with van der Waals surface area (Å²) in [5, 5.41) is 8.37. The van der Waals surface area contributed by atoms with Crippen LogP contribution in [-0.2, 0) is 9.53 Å². The van der Waals surface area contributed by atoms with Gasteiger partial charge >= 0.3 is 11.9 Å². The highest BCUT2D eigenvalue weighted by molar-refractivity contribution is 5.89. The fourth-order valence-corrected chi connectivity index (χ4v) is 0.899. The Morgan fingerprint density at radius 3 is 2.67 bits per heavy atom. The summed E-state index contributed by atoms with van der Waals surface area (Å²) in [6.45, 7) is 0. The highest BCUT2D eigenvalue weighted by atomic mass is 16.5. The van der Waals surface area contributed by atoms with Crippen molar-refractivity contribution in [3.63, 3.8) is 0 Å². The third-order valence-corrected chi connectivity index (χ3v) is 1.60. The van der Waals surface area contributed by atoms with Crippen molar-refractivity contribution in [1.29, 1.82) is 0 Å². The van der Waals surface area contributed by atoms with Crippen LogP contribution in [0.3, 0.4) is 0 Å². The summed E-state index contributed by atoms with van der Waals surface area (Å²) >= 11 is 0. The summed E-state index contributed by atoms with van der Waals surface area (Å²) in [4.78, 5) is 25.1. The molecule has 1 aromatic heterocycles. The molecular weight excluding hydrogens is 198 g/mol. The van der Waals surface area contributed by atoms with Crippen LogP contribution in [0.5, 0.6) is 0 Å².